The minimum absolute atomic E-state index is 0.0992. The van der Waals surface area contributed by atoms with Gasteiger partial charge in [0.15, 0.2) is 11.5 Å². The van der Waals surface area contributed by atoms with Crippen molar-refractivity contribution in [3.05, 3.63) is 82.1 Å². The molecule has 0 bridgehead atoms. The number of rotatable bonds is 9. The van der Waals surface area contributed by atoms with Crippen LogP contribution in [0.25, 0.3) is 22.7 Å². The number of nitriles is 1. The molecule has 3 aromatic carbocycles. The number of fused-ring (bicyclic) bond motifs is 1. The predicted octanol–water partition coefficient (Wildman–Crippen LogP) is 5.96. The molecule has 0 unspecified atom stereocenters. The number of carboxylic acid groups (broad SMARTS) is 1. The summed E-state index contributed by atoms with van der Waals surface area (Å²) >= 11 is 6.54. The van der Waals surface area contributed by atoms with Gasteiger partial charge >= 0.3 is 5.97 Å². The Hall–Kier alpha value is -4.48. The molecular formula is C27H22ClN3O5. The number of aromatic amines is 1. The fourth-order valence-electron chi connectivity index (χ4n) is 3.59. The highest BCUT2D eigenvalue weighted by atomic mass is 35.5. The van der Waals surface area contributed by atoms with Crippen LogP contribution in [0.15, 0.2) is 54.6 Å². The van der Waals surface area contributed by atoms with Crippen LogP contribution in [-0.2, 0) is 6.61 Å². The Bertz CT molecular complexity index is 1500. The molecule has 9 heteroatoms. The lowest BCUT2D eigenvalue weighted by atomic mass is 10.1. The Labute approximate surface area is 212 Å². The maximum absolute atomic E-state index is 11.2. The number of carboxylic acids is 1. The highest BCUT2D eigenvalue weighted by Crippen LogP contribution is 2.38. The lowest BCUT2D eigenvalue weighted by Crippen LogP contribution is -2.03. The highest BCUT2D eigenvalue weighted by molar-refractivity contribution is 6.32. The Kier molecular flexibility index (Phi) is 7.42. The molecule has 0 radical (unpaired) electrons. The number of aromatic carboxylic acids is 1. The molecule has 2 N–H and O–H groups in total. The quantitative estimate of drug-likeness (QED) is 0.270. The van der Waals surface area contributed by atoms with E-state index in [0.717, 1.165) is 5.52 Å². The van der Waals surface area contributed by atoms with Gasteiger partial charge in [0, 0.05) is 6.07 Å². The van der Waals surface area contributed by atoms with Crippen molar-refractivity contribution in [3.63, 3.8) is 0 Å². The fraction of sp³-hybridized carbons (Fsp3) is 0.148. The number of imidazole rings is 1. The van der Waals surface area contributed by atoms with Crippen LogP contribution >= 0.6 is 11.6 Å². The second-order valence-corrected chi connectivity index (χ2v) is 8.10. The standard InChI is InChI=1S/C27H22ClN3O5/c1-3-35-24-12-17(10-19(14-29)26-30-22-8-7-20(34-2)13-23(22)31-26)11-21(28)25(24)36-15-16-5-4-6-18(9-16)27(32)33/h4-13H,3,15H2,1-2H3,(H,30,31)(H,32,33)/b19-10-. The summed E-state index contributed by atoms with van der Waals surface area (Å²) in [5.41, 5.74) is 3.22. The van der Waals surface area contributed by atoms with Crippen LogP contribution in [0.4, 0.5) is 0 Å². The number of hydrogen-bond donors (Lipinski definition) is 2. The van der Waals surface area contributed by atoms with Crippen molar-refractivity contribution in [2.75, 3.05) is 13.7 Å². The van der Waals surface area contributed by atoms with Crippen molar-refractivity contribution < 1.29 is 24.1 Å². The van der Waals surface area contributed by atoms with Crippen molar-refractivity contribution in [2.45, 2.75) is 13.5 Å². The van der Waals surface area contributed by atoms with E-state index in [2.05, 4.69) is 16.0 Å². The summed E-state index contributed by atoms with van der Waals surface area (Å²) in [5, 5.41) is 19.3. The van der Waals surface area contributed by atoms with Crippen LogP contribution in [0.5, 0.6) is 17.2 Å². The van der Waals surface area contributed by atoms with E-state index in [4.69, 9.17) is 25.8 Å². The summed E-state index contributed by atoms with van der Waals surface area (Å²) < 4.78 is 16.9. The van der Waals surface area contributed by atoms with Crippen molar-refractivity contribution in [1.82, 2.24) is 9.97 Å². The predicted molar refractivity (Wildman–Crippen MR) is 136 cm³/mol. The van der Waals surface area contributed by atoms with Gasteiger partial charge in [-0.15, -0.1) is 0 Å². The molecule has 0 atom stereocenters. The Morgan fingerprint density at radius 2 is 2.03 bits per heavy atom. The molecule has 0 saturated carbocycles. The molecule has 0 aliphatic rings. The smallest absolute Gasteiger partial charge is 0.335 e. The second-order valence-electron chi connectivity index (χ2n) is 7.70. The summed E-state index contributed by atoms with van der Waals surface area (Å²) in [5.74, 6) is 0.799. The summed E-state index contributed by atoms with van der Waals surface area (Å²) in [6, 6.07) is 17.4. The van der Waals surface area contributed by atoms with E-state index < -0.39 is 5.97 Å². The van der Waals surface area contributed by atoms with E-state index in [9.17, 15) is 15.2 Å². The lowest BCUT2D eigenvalue weighted by molar-refractivity contribution is 0.0696. The van der Waals surface area contributed by atoms with Crippen LogP contribution in [-0.4, -0.2) is 34.8 Å². The van der Waals surface area contributed by atoms with E-state index >= 15 is 0 Å². The first-order valence-corrected chi connectivity index (χ1v) is 11.4. The Balaban J connectivity index is 1.64. The fourth-order valence-corrected chi connectivity index (χ4v) is 3.86. The lowest BCUT2D eigenvalue weighted by Gasteiger charge is -2.15. The van der Waals surface area contributed by atoms with Crippen LogP contribution in [0, 0.1) is 11.3 Å². The molecule has 4 rings (SSSR count). The summed E-state index contributed by atoms with van der Waals surface area (Å²) in [4.78, 5) is 18.9. The molecule has 36 heavy (non-hydrogen) atoms. The molecule has 1 aromatic heterocycles. The van der Waals surface area contributed by atoms with E-state index in [1.165, 1.54) is 12.1 Å². The molecule has 182 valence electrons. The third kappa shape index (κ3) is 5.43. The zero-order valence-corrected chi connectivity index (χ0v) is 20.3. The summed E-state index contributed by atoms with van der Waals surface area (Å²) in [6.07, 6.45) is 1.66. The van der Waals surface area contributed by atoms with Gasteiger partial charge in [0.1, 0.15) is 24.3 Å². The van der Waals surface area contributed by atoms with E-state index in [1.54, 1.807) is 43.5 Å². The van der Waals surface area contributed by atoms with Gasteiger partial charge in [-0.25, -0.2) is 9.78 Å². The van der Waals surface area contributed by atoms with Gasteiger partial charge < -0.3 is 24.3 Å². The topological polar surface area (TPSA) is 117 Å². The first-order valence-electron chi connectivity index (χ1n) is 11.0. The number of nitrogens with one attached hydrogen (secondary N) is 1. The van der Waals surface area contributed by atoms with E-state index in [0.29, 0.717) is 51.9 Å². The van der Waals surface area contributed by atoms with Gasteiger partial charge in [-0.2, -0.15) is 5.26 Å². The molecule has 4 aromatic rings. The largest absolute Gasteiger partial charge is 0.497 e. The number of H-pyrrole nitrogens is 1. The number of nitrogens with zero attached hydrogens (tertiary/aromatic N) is 2. The van der Waals surface area contributed by atoms with Crippen LogP contribution in [0.1, 0.15) is 34.2 Å². The third-order valence-electron chi connectivity index (χ3n) is 5.26. The van der Waals surface area contributed by atoms with Crippen LogP contribution in [0.2, 0.25) is 5.02 Å². The minimum atomic E-state index is -1.02. The van der Waals surface area contributed by atoms with Gasteiger partial charge in [0.05, 0.1) is 40.9 Å². The molecule has 0 amide bonds. The number of ether oxygens (including phenoxy) is 3. The molecule has 0 saturated heterocycles. The maximum atomic E-state index is 11.2. The van der Waals surface area contributed by atoms with Crippen molar-refractivity contribution in [1.29, 1.82) is 5.26 Å². The SMILES string of the molecule is CCOc1cc(/C=C(/C#N)c2nc3ccc(OC)cc3[nH]2)cc(Cl)c1OCc1cccc(C(=O)O)c1. The van der Waals surface area contributed by atoms with E-state index in [-0.39, 0.29) is 17.2 Å². The van der Waals surface area contributed by atoms with Gasteiger partial charge in [-0.1, -0.05) is 23.7 Å². The Morgan fingerprint density at radius 3 is 2.75 bits per heavy atom. The second kappa shape index (κ2) is 10.8. The van der Waals surface area contributed by atoms with Gasteiger partial charge in [0.25, 0.3) is 0 Å². The molecule has 8 nitrogen and oxygen atoms in total. The number of halogens is 1. The summed E-state index contributed by atoms with van der Waals surface area (Å²) in [7, 11) is 1.58. The van der Waals surface area contributed by atoms with Crippen LogP contribution < -0.4 is 14.2 Å². The number of aromatic nitrogens is 2. The molecule has 0 aliphatic heterocycles. The van der Waals surface area contributed by atoms with Gasteiger partial charge in [-0.05, 0) is 60.5 Å². The molecule has 1 heterocycles. The zero-order chi connectivity index (χ0) is 25.7. The highest BCUT2D eigenvalue weighted by Gasteiger charge is 2.15. The molecule has 0 spiro atoms. The number of methoxy groups -OCH3 is 1. The monoisotopic (exact) mass is 503 g/mol. The van der Waals surface area contributed by atoms with Crippen molar-refractivity contribution in [3.8, 4) is 23.3 Å². The van der Waals surface area contributed by atoms with Crippen LogP contribution in [0.3, 0.4) is 0 Å². The first kappa shape index (κ1) is 24.6. The molecule has 0 fully saturated rings. The number of benzene rings is 3. The Morgan fingerprint density at radius 1 is 1.19 bits per heavy atom. The maximum Gasteiger partial charge on any atom is 0.335 e. The van der Waals surface area contributed by atoms with Crippen molar-refractivity contribution in [2.24, 2.45) is 0 Å². The minimum Gasteiger partial charge on any atom is -0.497 e. The summed E-state index contributed by atoms with van der Waals surface area (Å²) in [6.45, 7) is 2.30. The average Bonchev–Trinajstić information content (AvgIpc) is 3.30. The zero-order valence-electron chi connectivity index (χ0n) is 19.5. The number of allylic oxidation sites excluding steroid dienone is 1. The molecule has 0 aliphatic carbocycles. The molecular weight excluding hydrogens is 482 g/mol. The number of carbonyl (C=O) groups is 1. The van der Waals surface area contributed by atoms with Crippen molar-refractivity contribution >= 4 is 40.3 Å². The van der Waals surface area contributed by atoms with Gasteiger partial charge in [0.2, 0.25) is 0 Å². The first-order chi connectivity index (χ1) is 17.4. The number of hydrogen-bond acceptors (Lipinski definition) is 6. The normalized spacial score (nSPS) is 11.2. The van der Waals surface area contributed by atoms with Gasteiger partial charge in [-0.3, -0.25) is 0 Å². The average molecular weight is 504 g/mol. The van der Waals surface area contributed by atoms with E-state index in [1.807, 2.05) is 19.1 Å². The third-order valence-corrected chi connectivity index (χ3v) is 5.55.